The summed E-state index contributed by atoms with van der Waals surface area (Å²) < 4.78 is 5.43. The van der Waals surface area contributed by atoms with Gasteiger partial charge in [-0.05, 0) is 60.1 Å². The average Bonchev–Trinajstić information content (AvgIpc) is 2.58. The van der Waals surface area contributed by atoms with Crippen molar-refractivity contribution in [1.82, 2.24) is 0 Å². The van der Waals surface area contributed by atoms with Crippen LogP contribution in [0.25, 0.3) is 11.0 Å². The zero-order chi connectivity index (χ0) is 18.0. The number of aryl methyl sites for hydroxylation is 1. The van der Waals surface area contributed by atoms with Crippen LogP contribution >= 0.6 is 11.8 Å². The zero-order valence-electron chi connectivity index (χ0n) is 15.1. The van der Waals surface area contributed by atoms with E-state index in [1.54, 1.807) is 17.8 Å². The number of anilines is 1. The minimum atomic E-state index is -0.306. The Labute approximate surface area is 152 Å². The minimum Gasteiger partial charge on any atom is -0.423 e. The Morgan fingerprint density at radius 3 is 2.64 bits per heavy atom. The fourth-order valence-electron chi connectivity index (χ4n) is 3.14. The lowest BCUT2D eigenvalue weighted by Gasteiger charge is -2.14. The Kier molecular flexibility index (Phi) is 5.19. The van der Waals surface area contributed by atoms with E-state index in [-0.39, 0.29) is 5.63 Å². The molecule has 0 atom stereocenters. The molecular weight excluding hydrogens is 330 g/mol. The molecule has 1 heterocycles. The van der Waals surface area contributed by atoms with Crippen LogP contribution in [0.2, 0.25) is 0 Å². The lowest BCUT2D eigenvalue weighted by molar-refractivity contribution is 0.558. The van der Waals surface area contributed by atoms with Crippen molar-refractivity contribution in [1.29, 1.82) is 0 Å². The second-order valence-electron chi connectivity index (χ2n) is 6.50. The largest absolute Gasteiger partial charge is 0.423 e. The van der Waals surface area contributed by atoms with Crippen molar-refractivity contribution < 1.29 is 4.42 Å². The molecule has 2 aromatic carbocycles. The van der Waals surface area contributed by atoms with Gasteiger partial charge in [-0.15, -0.1) is 11.8 Å². The third kappa shape index (κ3) is 3.74. The molecule has 0 aliphatic heterocycles. The van der Waals surface area contributed by atoms with Gasteiger partial charge in [0.1, 0.15) is 5.58 Å². The summed E-state index contributed by atoms with van der Waals surface area (Å²) in [6.45, 7) is 7.01. The van der Waals surface area contributed by atoms with E-state index in [0.717, 1.165) is 22.2 Å². The average molecular weight is 353 g/mol. The normalized spacial score (nSPS) is 11.2. The Balaban J connectivity index is 2.03. The summed E-state index contributed by atoms with van der Waals surface area (Å²) in [6.07, 6.45) is 2.06. The van der Waals surface area contributed by atoms with Gasteiger partial charge in [-0.2, -0.15) is 0 Å². The van der Waals surface area contributed by atoms with Crippen molar-refractivity contribution in [3.8, 4) is 0 Å². The maximum Gasteiger partial charge on any atom is 0.336 e. The molecule has 0 amide bonds. The van der Waals surface area contributed by atoms with E-state index in [9.17, 15) is 4.79 Å². The molecule has 0 aliphatic carbocycles. The van der Waals surface area contributed by atoms with Crippen molar-refractivity contribution in [3.63, 3.8) is 0 Å². The van der Waals surface area contributed by atoms with Gasteiger partial charge in [0.05, 0.1) is 0 Å². The molecule has 3 rings (SSSR count). The first-order valence-electron chi connectivity index (χ1n) is 8.43. The fourth-order valence-corrected chi connectivity index (χ4v) is 3.72. The van der Waals surface area contributed by atoms with E-state index in [1.165, 1.54) is 10.5 Å². The van der Waals surface area contributed by atoms with Gasteiger partial charge in [0.2, 0.25) is 0 Å². The van der Waals surface area contributed by atoms with Gasteiger partial charge < -0.3 is 9.73 Å². The van der Waals surface area contributed by atoms with Crippen LogP contribution in [0.15, 0.2) is 56.6 Å². The summed E-state index contributed by atoms with van der Waals surface area (Å²) in [6, 6.07) is 13.9. The van der Waals surface area contributed by atoms with Crippen molar-refractivity contribution in [2.24, 2.45) is 0 Å². The molecule has 0 unspecified atom stereocenters. The summed E-state index contributed by atoms with van der Waals surface area (Å²) in [7, 11) is 0. The molecule has 0 saturated heterocycles. The first-order chi connectivity index (χ1) is 12.0. The van der Waals surface area contributed by atoms with Crippen molar-refractivity contribution in [2.75, 3.05) is 11.6 Å². The van der Waals surface area contributed by atoms with Gasteiger partial charge >= 0.3 is 5.63 Å². The molecule has 0 radical (unpaired) electrons. The molecular formula is C21H23NO2S. The molecule has 0 spiro atoms. The highest BCUT2D eigenvalue weighted by atomic mass is 32.2. The van der Waals surface area contributed by atoms with E-state index in [2.05, 4.69) is 50.5 Å². The summed E-state index contributed by atoms with van der Waals surface area (Å²) in [4.78, 5) is 13.2. The minimum absolute atomic E-state index is 0.306. The number of benzene rings is 2. The summed E-state index contributed by atoms with van der Waals surface area (Å²) in [5.41, 5.74) is 4.83. The lowest BCUT2D eigenvalue weighted by atomic mass is 9.95. The second-order valence-corrected chi connectivity index (χ2v) is 7.35. The van der Waals surface area contributed by atoms with E-state index in [0.29, 0.717) is 18.0 Å². The quantitative estimate of drug-likeness (QED) is 0.482. The molecule has 3 nitrogen and oxygen atoms in total. The van der Waals surface area contributed by atoms with E-state index in [4.69, 9.17) is 4.42 Å². The molecule has 0 fully saturated rings. The van der Waals surface area contributed by atoms with Gasteiger partial charge in [0.15, 0.2) is 0 Å². The molecule has 4 heteroatoms. The first-order valence-corrected chi connectivity index (χ1v) is 9.66. The summed E-state index contributed by atoms with van der Waals surface area (Å²) >= 11 is 1.70. The number of nitrogens with one attached hydrogen (secondary N) is 1. The van der Waals surface area contributed by atoms with Crippen LogP contribution in [0, 0.1) is 6.92 Å². The second kappa shape index (κ2) is 7.36. The SMILES string of the molecule is CSc1ccccc1NCc1cc(=O)oc2cc(C)c(C(C)C)cc12. The first kappa shape index (κ1) is 17.6. The molecule has 1 aromatic heterocycles. The molecule has 130 valence electrons. The van der Waals surface area contributed by atoms with Crippen LogP contribution in [-0.4, -0.2) is 6.26 Å². The van der Waals surface area contributed by atoms with Gasteiger partial charge in [0.25, 0.3) is 0 Å². The Morgan fingerprint density at radius 1 is 1.16 bits per heavy atom. The number of thioether (sulfide) groups is 1. The number of hydrogen-bond acceptors (Lipinski definition) is 4. The van der Waals surface area contributed by atoms with Gasteiger partial charge in [-0.1, -0.05) is 26.0 Å². The number of rotatable bonds is 5. The zero-order valence-corrected chi connectivity index (χ0v) is 15.9. The molecule has 0 bridgehead atoms. The molecule has 25 heavy (non-hydrogen) atoms. The number of fused-ring (bicyclic) bond motifs is 1. The van der Waals surface area contributed by atoms with Crippen molar-refractivity contribution >= 4 is 28.4 Å². The van der Waals surface area contributed by atoms with Crippen LogP contribution in [0.3, 0.4) is 0 Å². The number of hydrogen-bond donors (Lipinski definition) is 1. The van der Waals surface area contributed by atoms with Crippen LogP contribution in [0.1, 0.15) is 36.5 Å². The van der Waals surface area contributed by atoms with Gasteiger partial charge in [-0.3, -0.25) is 0 Å². The topological polar surface area (TPSA) is 42.2 Å². The van der Waals surface area contributed by atoms with E-state index < -0.39 is 0 Å². The van der Waals surface area contributed by atoms with E-state index >= 15 is 0 Å². The highest BCUT2D eigenvalue weighted by Crippen LogP contribution is 2.29. The lowest BCUT2D eigenvalue weighted by Crippen LogP contribution is -2.07. The maximum atomic E-state index is 12.0. The van der Waals surface area contributed by atoms with E-state index in [1.807, 2.05) is 18.2 Å². The molecule has 1 N–H and O–H groups in total. The highest BCUT2D eigenvalue weighted by molar-refractivity contribution is 7.98. The van der Waals surface area contributed by atoms with Gasteiger partial charge in [-0.25, -0.2) is 4.79 Å². The molecule has 3 aromatic rings. The summed E-state index contributed by atoms with van der Waals surface area (Å²) in [5.74, 6) is 0.425. The van der Waals surface area contributed by atoms with Crippen LogP contribution < -0.4 is 10.9 Å². The van der Waals surface area contributed by atoms with Crippen molar-refractivity contribution in [2.45, 2.75) is 38.1 Å². The predicted molar refractivity (Wildman–Crippen MR) is 107 cm³/mol. The summed E-state index contributed by atoms with van der Waals surface area (Å²) in [5, 5.41) is 4.46. The van der Waals surface area contributed by atoms with Crippen molar-refractivity contribution in [3.05, 3.63) is 69.6 Å². The number of para-hydroxylation sites is 1. The Bertz CT molecular complexity index is 960. The monoisotopic (exact) mass is 353 g/mol. The van der Waals surface area contributed by atoms with Crippen LogP contribution in [-0.2, 0) is 6.54 Å². The van der Waals surface area contributed by atoms with Gasteiger partial charge in [0, 0.05) is 28.6 Å². The third-order valence-electron chi connectivity index (χ3n) is 4.42. The molecule has 0 aliphatic rings. The Morgan fingerprint density at radius 2 is 1.92 bits per heavy atom. The standard InChI is InChI=1S/C21H23NO2S/c1-13(2)16-11-17-15(10-21(23)24-19(17)9-14(16)3)12-22-18-7-5-6-8-20(18)25-4/h5-11,13,22H,12H2,1-4H3. The maximum absolute atomic E-state index is 12.0. The van der Waals surface area contributed by atoms with Crippen LogP contribution in [0.4, 0.5) is 5.69 Å². The smallest absolute Gasteiger partial charge is 0.336 e. The predicted octanol–water partition coefficient (Wildman–Crippen LogP) is 5.56. The van der Waals surface area contributed by atoms with Crippen LogP contribution in [0.5, 0.6) is 0 Å². The third-order valence-corrected chi connectivity index (χ3v) is 5.21. The fraction of sp³-hybridized carbons (Fsp3) is 0.286. The molecule has 0 saturated carbocycles. The highest BCUT2D eigenvalue weighted by Gasteiger charge is 2.11. The Hall–Kier alpha value is -2.20.